The Hall–Kier alpha value is -1.18. The Kier molecular flexibility index (Phi) is 1.50. The molecule has 0 saturated heterocycles. The average Bonchev–Trinajstić information content (AvgIpc) is 2.31. The first-order valence-electron chi connectivity index (χ1n) is 4.20. The van der Waals surface area contributed by atoms with E-state index in [1.807, 2.05) is 6.08 Å². The van der Waals surface area contributed by atoms with Gasteiger partial charge in [0.15, 0.2) is 5.78 Å². The van der Waals surface area contributed by atoms with Crippen LogP contribution in [-0.2, 0) is 4.79 Å². The van der Waals surface area contributed by atoms with Gasteiger partial charge in [-0.05, 0) is 30.7 Å². The lowest BCUT2D eigenvalue weighted by atomic mass is 9.92. The van der Waals surface area contributed by atoms with Crippen LogP contribution in [0.5, 0.6) is 0 Å². The third-order valence-electron chi connectivity index (χ3n) is 2.56. The Morgan fingerprint density at radius 2 is 2.08 bits per heavy atom. The Bertz CT molecular complexity index is 323. The Morgan fingerprint density at radius 1 is 1.33 bits per heavy atom. The van der Waals surface area contributed by atoms with Gasteiger partial charge in [-0.3, -0.25) is 9.79 Å². The van der Waals surface area contributed by atoms with E-state index in [4.69, 9.17) is 0 Å². The fourth-order valence-electron chi connectivity index (χ4n) is 1.61. The highest BCUT2D eigenvalue weighted by atomic mass is 16.1. The molecule has 62 valence electrons. The maximum Gasteiger partial charge on any atom is 0.179 e. The summed E-state index contributed by atoms with van der Waals surface area (Å²) in [6.07, 6.45) is 5.10. The molecule has 0 amide bonds. The number of rotatable bonds is 0. The first-order valence-corrected chi connectivity index (χ1v) is 4.20. The zero-order valence-electron chi connectivity index (χ0n) is 7.24. The van der Waals surface area contributed by atoms with E-state index in [0.29, 0.717) is 12.0 Å². The molecule has 12 heavy (non-hydrogen) atoms. The number of nitrogens with zero attached hydrogens (tertiary/aromatic N) is 1. The maximum absolute atomic E-state index is 11.0. The fourth-order valence-corrected chi connectivity index (χ4v) is 1.61. The van der Waals surface area contributed by atoms with Gasteiger partial charge in [0.05, 0.1) is 11.8 Å². The number of carbonyl (C=O) groups is 1. The van der Waals surface area contributed by atoms with Crippen LogP contribution in [0.4, 0.5) is 0 Å². The number of hydrogen-bond donors (Lipinski definition) is 0. The number of allylic oxidation sites excluding steroid dienone is 3. The quantitative estimate of drug-likeness (QED) is 0.495. The molecule has 1 heterocycles. The molecule has 0 aromatic rings. The third-order valence-corrected chi connectivity index (χ3v) is 2.56. The highest BCUT2D eigenvalue weighted by Crippen LogP contribution is 2.28. The standard InChI is InChI=1S/C10H11NO/c1-6-7(2)11-10-4-3-8(12)5-9(6)10/h3-7H,1-2H3. The molecule has 0 radical (unpaired) electrons. The van der Waals surface area contributed by atoms with Gasteiger partial charge >= 0.3 is 0 Å². The molecule has 0 spiro atoms. The van der Waals surface area contributed by atoms with E-state index in [1.54, 1.807) is 12.2 Å². The minimum atomic E-state index is 0.0879. The number of aliphatic imine (C=N–C) groups is 1. The minimum absolute atomic E-state index is 0.0879. The van der Waals surface area contributed by atoms with E-state index in [2.05, 4.69) is 18.8 Å². The van der Waals surface area contributed by atoms with Crippen molar-refractivity contribution in [2.75, 3.05) is 0 Å². The molecule has 0 bridgehead atoms. The molecular weight excluding hydrogens is 150 g/mol. The molecular formula is C10H11NO. The van der Waals surface area contributed by atoms with E-state index >= 15 is 0 Å². The van der Waals surface area contributed by atoms with Crippen LogP contribution in [0.25, 0.3) is 0 Å². The van der Waals surface area contributed by atoms with Gasteiger partial charge in [0.2, 0.25) is 0 Å². The van der Waals surface area contributed by atoms with Crippen LogP contribution in [0, 0.1) is 5.92 Å². The predicted octanol–water partition coefficient (Wildman–Crippen LogP) is 1.53. The molecule has 0 aromatic carbocycles. The van der Waals surface area contributed by atoms with Gasteiger partial charge in [0, 0.05) is 5.92 Å². The van der Waals surface area contributed by atoms with Crippen LogP contribution in [0.15, 0.2) is 28.8 Å². The molecule has 2 heteroatoms. The molecule has 0 aromatic heterocycles. The SMILES string of the molecule is CC1N=C2C=CC(=O)C=C2C1C. The molecule has 0 fully saturated rings. The Labute approximate surface area is 71.7 Å². The van der Waals surface area contributed by atoms with Gasteiger partial charge in [-0.25, -0.2) is 0 Å². The fraction of sp³-hybridized carbons (Fsp3) is 0.400. The summed E-state index contributed by atoms with van der Waals surface area (Å²) in [4.78, 5) is 15.5. The van der Waals surface area contributed by atoms with Gasteiger partial charge in [-0.2, -0.15) is 0 Å². The van der Waals surface area contributed by atoms with Crippen LogP contribution in [0.2, 0.25) is 0 Å². The lowest BCUT2D eigenvalue weighted by molar-refractivity contribution is -0.110. The minimum Gasteiger partial charge on any atom is -0.290 e. The number of ketones is 1. The highest BCUT2D eigenvalue weighted by molar-refractivity contribution is 6.20. The summed E-state index contributed by atoms with van der Waals surface area (Å²) >= 11 is 0. The van der Waals surface area contributed by atoms with Crippen LogP contribution >= 0.6 is 0 Å². The predicted molar refractivity (Wildman–Crippen MR) is 48.3 cm³/mol. The molecule has 2 rings (SSSR count). The molecule has 0 N–H and O–H groups in total. The van der Waals surface area contributed by atoms with Crippen molar-refractivity contribution >= 4 is 11.5 Å². The first kappa shape index (κ1) is 7.47. The highest BCUT2D eigenvalue weighted by Gasteiger charge is 2.27. The molecule has 2 atom stereocenters. The van der Waals surface area contributed by atoms with E-state index in [0.717, 1.165) is 11.3 Å². The van der Waals surface area contributed by atoms with Gasteiger partial charge < -0.3 is 0 Å². The lowest BCUT2D eigenvalue weighted by Gasteiger charge is -2.10. The molecule has 2 aliphatic rings. The largest absolute Gasteiger partial charge is 0.290 e. The smallest absolute Gasteiger partial charge is 0.179 e. The van der Waals surface area contributed by atoms with Crippen LogP contribution in [0.1, 0.15) is 13.8 Å². The topological polar surface area (TPSA) is 29.4 Å². The maximum atomic E-state index is 11.0. The van der Waals surface area contributed by atoms with Crippen LogP contribution < -0.4 is 0 Å². The van der Waals surface area contributed by atoms with Gasteiger partial charge in [-0.15, -0.1) is 0 Å². The van der Waals surface area contributed by atoms with E-state index in [-0.39, 0.29) is 5.78 Å². The summed E-state index contributed by atoms with van der Waals surface area (Å²) in [5.41, 5.74) is 2.10. The van der Waals surface area contributed by atoms with Crippen molar-refractivity contribution in [2.45, 2.75) is 19.9 Å². The van der Waals surface area contributed by atoms with E-state index in [9.17, 15) is 4.79 Å². The summed E-state index contributed by atoms with van der Waals surface area (Å²) in [5.74, 6) is 0.485. The molecule has 1 aliphatic carbocycles. The van der Waals surface area contributed by atoms with Crippen molar-refractivity contribution in [3.63, 3.8) is 0 Å². The number of hydrogen-bond acceptors (Lipinski definition) is 2. The van der Waals surface area contributed by atoms with Crippen molar-refractivity contribution in [1.29, 1.82) is 0 Å². The van der Waals surface area contributed by atoms with Crippen molar-refractivity contribution in [3.8, 4) is 0 Å². The Morgan fingerprint density at radius 3 is 2.83 bits per heavy atom. The summed E-state index contributed by atoms with van der Waals surface area (Å²) in [7, 11) is 0. The molecule has 1 aliphatic heterocycles. The van der Waals surface area contributed by atoms with Crippen LogP contribution in [0.3, 0.4) is 0 Å². The van der Waals surface area contributed by atoms with Gasteiger partial charge in [0.1, 0.15) is 0 Å². The second-order valence-electron chi connectivity index (χ2n) is 3.38. The number of fused-ring (bicyclic) bond motifs is 1. The second-order valence-corrected chi connectivity index (χ2v) is 3.38. The second kappa shape index (κ2) is 2.41. The van der Waals surface area contributed by atoms with E-state index in [1.165, 1.54) is 0 Å². The van der Waals surface area contributed by atoms with Gasteiger partial charge in [-0.1, -0.05) is 6.92 Å². The molecule has 2 nitrogen and oxygen atoms in total. The van der Waals surface area contributed by atoms with Gasteiger partial charge in [0.25, 0.3) is 0 Å². The Balaban J connectivity index is 2.43. The summed E-state index contributed by atoms with van der Waals surface area (Å²) < 4.78 is 0. The van der Waals surface area contributed by atoms with E-state index < -0.39 is 0 Å². The zero-order valence-corrected chi connectivity index (χ0v) is 7.24. The van der Waals surface area contributed by atoms with Crippen molar-refractivity contribution in [2.24, 2.45) is 10.9 Å². The lowest BCUT2D eigenvalue weighted by Crippen LogP contribution is -2.11. The van der Waals surface area contributed by atoms with Crippen molar-refractivity contribution < 1.29 is 4.79 Å². The monoisotopic (exact) mass is 161 g/mol. The molecule has 2 unspecified atom stereocenters. The zero-order chi connectivity index (χ0) is 8.72. The molecule has 0 saturated carbocycles. The number of carbonyl (C=O) groups excluding carboxylic acids is 1. The first-order chi connectivity index (χ1) is 5.68. The van der Waals surface area contributed by atoms with Crippen LogP contribution in [-0.4, -0.2) is 17.5 Å². The third kappa shape index (κ3) is 0.951. The average molecular weight is 161 g/mol. The normalized spacial score (nSPS) is 33.0. The van der Waals surface area contributed by atoms with Crippen molar-refractivity contribution in [3.05, 3.63) is 23.8 Å². The summed E-state index contributed by atoms with van der Waals surface area (Å²) in [5, 5.41) is 0. The summed E-state index contributed by atoms with van der Waals surface area (Å²) in [6, 6.07) is 0.321. The summed E-state index contributed by atoms with van der Waals surface area (Å²) in [6.45, 7) is 4.19. The van der Waals surface area contributed by atoms with Crippen molar-refractivity contribution in [1.82, 2.24) is 0 Å².